The molecule has 0 atom stereocenters. The van der Waals surface area contributed by atoms with Gasteiger partial charge in [-0.15, -0.1) is 11.3 Å². The van der Waals surface area contributed by atoms with Gasteiger partial charge < -0.3 is 15.7 Å². The third-order valence-corrected chi connectivity index (χ3v) is 4.40. The van der Waals surface area contributed by atoms with Crippen molar-refractivity contribution in [1.29, 1.82) is 0 Å². The van der Waals surface area contributed by atoms with E-state index in [9.17, 15) is 4.39 Å². The molecule has 0 saturated heterocycles. The topological polar surface area (TPSA) is 69.5 Å². The molecule has 0 amide bonds. The normalized spacial score (nSPS) is 11.8. The van der Waals surface area contributed by atoms with Crippen LogP contribution in [0.2, 0.25) is 0 Å². The molecule has 0 aliphatic carbocycles. The van der Waals surface area contributed by atoms with E-state index in [0.29, 0.717) is 30.5 Å². The first-order valence-corrected chi connectivity index (χ1v) is 8.68. The van der Waals surface area contributed by atoms with Crippen molar-refractivity contribution in [1.82, 2.24) is 15.6 Å². The summed E-state index contributed by atoms with van der Waals surface area (Å²) in [5.41, 5.74) is 2.27. The van der Waals surface area contributed by atoms with Gasteiger partial charge in [0.2, 0.25) is 0 Å². The van der Waals surface area contributed by atoms with Crippen LogP contribution < -0.4 is 10.6 Å². The van der Waals surface area contributed by atoms with Crippen LogP contribution in [-0.2, 0) is 19.7 Å². The van der Waals surface area contributed by atoms with Crippen molar-refractivity contribution in [3.8, 4) is 0 Å². The van der Waals surface area contributed by atoms with Crippen LogP contribution in [0.5, 0.6) is 0 Å². The highest BCUT2D eigenvalue weighted by molar-refractivity contribution is 7.09. The third-order valence-electron chi connectivity index (χ3n) is 3.53. The van der Waals surface area contributed by atoms with E-state index in [1.165, 1.54) is 6.07 Å². The molecule has 0 aliphatic heterocycles. The average Bonchev–Trinajstić information content (AvgIpc) is 3.05. The lowest BCUT2D eigenvalue weighted by Gasteiger charge is -2.11. The Labute approximate surface area is 145 Å². The average molecular weight is 350 g/mol. The molecule has 24 heavy (non-hydrogen) atoms. The third kappa shape index (κ3) is 5.01. The number of aliphatic imine (C=N–C) groups is 1. The number of nitrogens with one attached hydrogen (secondary N) is 2. The van der Waals surface area contributed by atoms with E-state index in [-0.39, 0.29) is 6.61 Å². The smallest absolute Gasteiger partial charge is 0.191 e. The summed E-state index contributed by atoms with van der Waals surface area (Å²) in [5, 5.41) is 18.6. The van der Waals surface area contributed by atoms with Gasteiger partial charge >= 0.3 is 0 Å². The van der Waals surface area contributed by atoms with Crippen LogP contribution in [-0.4, -0.2) is 23.1 Å². The molecule has 2 rings (SSSR count). The van der Waals surface area contributed by atoms with Crippen molar-refractivity contribution in [2.45, 2.75) is 39.5 Å². The highest BCUT2D eigenvalue weighted by atomic mass is 32.1. The molecule has 0 fully saturated rings. The molecule has 0 spiro atoms. The lowest BCUT2D eigenvalue weighted by atomic mass is 10.1. The maximum Gasteiger partial charge on any atom is 0.191 e. The van der Waals surface area contributed by atoms with Gasteiger partial charge in [0, 0.05) is 24.5 Å². The van der Waals surface area contributed by atoms with Crippen molar-refractivity contribution >= 4 is 17.3 Å². The molecule has 3 N–H and O–H groups in total. The molecule has 130 valence electrons. The minimum Gasteiger partial charge on any atom is -0.392 e. The fourth-order valence-electron chi connectivity index (χ4n) is 2.10. The number of aliphatic hydroxyl groups excluding tert-OH is 1. The Hall–Kier alpha value is -1.99. The highest BCUT2D eigenvalue weighted by Gasteiger charge is 2.07. The lowest BCUT2D eigenvalue weighted by Crippen LogP contribution is -2.36. The number of aromatic nitrogens is 1. The molecule has 1 aromatic heterocycles. The van der Waals surface area contributed by atoms with Crippen LogP contribution in [0.3, 0.4) is 0 Å². The molecule has 0 saturated carbocycles. The van der Waals surface area contributed by atoms with Gasteiger partial charge in [-0.1, -0.05) is 19.9 Å². The fraction of sp³-hybridized carbons (Fsp3) is 0.412. The summed E-state index contributed by atoms with van der Waals surface area (Å²) in [6.45, 7) is 5.02. The second-order valence-electron chi connectivity index (χ2n) is 5.68. The van der Waals surface area contributed by atoms with Gasteiger partial charge in [0.05, 0.1) is 18.8 Å². The second-order valence-corrected chi connectivity index (χ2v) is 6.63. The number of nitrogens with zero attached hydrogens (tertiary/aromatic N) is 2. The van der Waals surface area contributed by atoms with E-state index in [4.69, 9.17) is 5.11 Å². The number of aliphatic hydroxyl groups is 1. The van der Waals surface area contributed by atoms with E-state index >= 15 is 0 Å². The zero-order valence-corrected chi connectivity index (χ0v) is 15.0. The summed E-state index contributed by atoms with van der Waals surface area (Å²) in [4.78, 5) is 8.74. The Morgan fingerprint density at radius 1 is 1.33 bits per heavy atom. The molecule has 2 aromatic rings. The van der Waals surface area contributed by atoms with Crippen LogP contribution in [0.15, 0.2) is 28.6 Å². The Bertz CT molecular complexity index is 700. The minimum absolute atomic E-state index is 0.293. The molecule has 0 bridgehead atoms. The van der Waals surface area contributed by atoms with Crippen molar-refractivity contribution in [2.75, 3.05) is 7.05 Å². The fourth-order valence-corrected chi connectivity index (χ4v) is 2.99. The van der Waals surface area contributed by atoms with Crippen LogP contribution >= 0.6 is 11.3 Å². The van der Waals surface area contributed by atoms with Crippen molar-refractivity contribution in [3.05, 3.63) is 51.2 Å². The molecular formula is C17H23FN4OS. The van der Waals surface area contributed by atoms with E-state index in [1.54, 1.807) is 30.5 Å². The van der Waals surface area contributed by atoms with E-state index in [0.717, 1.165) is 16.3 Å². The van der Waals surface area contributed by atoms with E-state index < -0.39 is 5.82 Å². The Morgan fingerprint density at radius 2 is 2.08 bits per heavy atom. The van der Waals surface area contributed by atoms with Crippen LogP contribution in [0.4, 0.5) is 4.39 Å². The number of guanidine groups is 1. The number of rotatable bonds is 6. The summed E-state index contributed by atoms with van der Waals surface area (Å²) >= 11 is 1.63. The van der Waals surface area contributed by atoms with Gasteiger partial charge in [0.25, 0.3) is 0 Å². The maximum atomic E-state index is 13.4. The van der Waals surface area contributed by atoms with Crippen molar-refractivity contribution in [3.63, 3.8) is 0 Å². The number of hydrogen-bond donors (Lipinski definition) is 3. The molecule has 0 radical (unpaired) electrons. The number of benzene rings is 1. The number of hydrogen-bond acceptors (Lipinski definition) is 4. The number of thiazole rings is 1. The lowest BCUT2D eigenvalue weighted by molar-refractivity contribution is 0.275. The Morgan fingerprint density at radius 3 is 2.71 bits per heavy atom. The molecule has 0 unspecified atom stereocenters. The van der Waals surface area contributed by atoms with Crippen molar-refractivity contribution < 1.29 is 9.50 Å². The van der Waals surface area contributed by atoms with Crippen LogP contribution in [0, 0.1) is 5.82 Å². The molecule has 1 aromatic carbocycles. The zero-order valence-electron chi connectivity index (χ0n) is 14.1. The molecule has 7 heteroatoms. The molecular weight excluding hydrogens is 327 g/mol. The largest absolute Gasteiger partial charge is 0.392 e. The van der Waals surface area contributed by atoms with Gasteiger partial charge in [-0.3, -0.25) is 4.99 Å². The maximum absolute atomic E-state index is 13.4. The van der Waals surface area contributed by atoms with Gasteiger partial charge in [0.15, 0.2) is 5.96 Å². The summed E-state index contributed by atoms with van der Waals surface area (Å²) in [6.07, 6.45) is 0. The summed E-state index contributed by atoms with van der Waals surface area (Å²) in [5.74, 6) is 0.672. The monoisotopic (exact) mass is 350 g/mol. The molecule has 0 aliphatic rings. The minimum atomic E-state index is -0.395. The summed E-state index contributed by atoms with van der Waals surface area (Å²) in [7, 11) is 1.69. The first-order valence-electron chi connectivity index (χ1n) is 7.80. The van der Waals surface area contributed by atoms with E-state index in [1.807, 2.05) is 0 Å². The SMILES string of the molecule is CN=C(NCc1ccc(F)c(CO)c1)NCc1nc(C(C)C)cs1. The van der Waals surface area contributed by atoms with Gasteiger partial charge in [-0.25, -0.2) is 9.37 Å². The van der Waals surface area contributed by atoms with E-state index in [2.05, 4.69) is 39.8 Å². The Kier molecular flexibility index (Phi) is 6.69. The second kappa shape index (κ2) is 8.75. The standard InChI is InChI=1S/C17H23FN4OS/c1-11(2)15-10-24-16(22-15)8-21-17(19-3)20-7-12-4-5-14(18)13(6-12)9-23/h4-6,10-11,23H,7-9H2,1-3H3,(H2,19,20,21). The predicted octanol–water partition coefficient (Wildman–Crippen LogP) is 2.76. The first kappa shape index (κ1) is 18.4. The first-order chi connectivity index (χ1) is 11.5. The quantitative estimate of drug-likeness (QED) is 0.553. The Balaban J connectivity index is 1.88. The van der Waals surface area contributed by atoms with Crippen LogP contribution in [0.1, 0.15) is 41.6 Å². The summed E-state index contributed by atoms with van der Waals surface area (Å²) in [6, 6.07) is 4.69. The summed E-state index contributed by atoms with van der Waals surface area (Å²) < 4.78 is 13.4. The van der Waals surface area contributed by atoms with Crippen molar-refractivity contribution in [2.24, 2.45) is 4.99 Å². The highest BCUT2D eigenvalue weighted by Crippen LogP contribution is 2.17. The van der Waals surface area contributed by atoms with Gasteiger partial charge in [-0.05, 0) is 23.6 Å². The molecule has 5 nitrogen and oxygen atoms in total. The molecule has 1 heterocycles. The number of halogens is 1. The van der Waals surface area contributed by atoms with Crippen LogP contribution in [0.25, 0.3) is 0 Å². The zero-order chi connectivity index (χ0) is 17.5. The predicted molar refractivity (Wildman–Crippen MR) is 95.6 cm³/mol. The van der Waals surface area contributed by atoms with Gasteiger partial charge in [-0.2, -0.15) is 0 Å². The van der Waals surface area contributed by atoms with Gasteiger partial charge in [0.1, 0.15) is 10.8 Å².